The maximum atomic E-state index is 11.0. The fourth-order valence-corrected chi connectivity index (χ4v) is 3.01. The zero-order valence-corrected chi connectivity index (χ0v) is 8.97. The number of phenolic OH excluding ortho intramolecular Hbond substituents is 2. The van der Waals surface area contributed by atoms with Crippen LogP contribution in [0.1, 0.15) is 0 Å². The van der Waals surface area contributed by atoms with Crippen LogP contribution in [0.15, 0.2) is 22.4 Å². The molecule has 0 fully saturated rings. The number of sulfonamides is 1. The van der Waals surface area contributed by atoms with Crippen molar-refractivity contribution in [2.45, 2.75) is 4.21 Å². The third-order valence-corrected chi connectivity index (χ3v) is 4.43. The second kappa shape index (κ2) is 3.09. The maximum Gasteiger partial charge on any atom is 0.247 e. The quantitative estimate of drug-likeness (QED) is 0.651. The first-order valence-electron chi connectivity index (χ1n) is 3.87. The molecule has 0 atom stereocenters. The van der Waals surface area contributed by atoms with Gasteiger partial charge in [-0.3, -0.25) is 0 Å². The van der Waals surface area contributed by atoms with Crippen molar-refractivity contribution in [3.05, 3.63) is 18.2 Å². The summed E-state index contributed by atoms with van der Waals surface area (Å²) >= 11 is 0.943. The Kier molecular flexibility index (Phi) is 2.10. The first-order chi connectivity index (χ1) is 6.89. The Morgan fingerprint density at radius 1 is 1.27 bits per heavy atom. The molecule has 4 N–H and O–H groups in total. The van der Waals surface area contributed by atoms with Crippen molar-refractivity contribution in [1.82, 2.24) is 0 Å². The largest absolute Gasteiger partial charge is 0.504 e. The maximum absolute atomic E-state index is 11.0. The van der Waals surface area contributed by atoms with Gasteiger partial charge >= 0.3 is 0 Å². The molecule has 15 heavy (non-hydrogen) atoms. The topological polar surface area (TPSA) is 101 Å². The summed E-state index contributed by atoms with van der Waals surface area (Å²) in [5.41, 5.74) is 0. The Labute approximate surface area is 89.4 Å². The van der Waals surface area contributed by atoms with Crippen molar-refractivity contribution in [3.63, 3.8) is 0 Å². The second-order valence-electron chi connectivity index (χ2n) is 2.96. The number of primary sulfonamides is 1. The first-order valence-corrected chi connectivity index (χ1v) is 6.23. The predicted molar refractivity (Wildman–Crippen MR) is 56.5 cm³/mol. The lowest BCUT2D eigenvalue weighted by molar-refractivity contribution is 0.408. The van der Waals surface area contributed by atoms with Gasteiger partial charge in [0.15, 0.2) is 11.5 Å². The van der Waals surface area contributed by atoms with Gasteiger partial charge in [0.05, 0.1) is 0 Å². The van der Waals surface area contributed by atoms with E-state index in [0.717, 1.165) is 11.3 Å². The number of thiophene rings is 1. The minimum absolute atomic E-state index is 0.0431. The summed E-state index contributed by atoms with van der Waals surface area (Å²) in [6.07, 6.45) is 0. The average molecular weight is 245 g/mol. The monoisotopic (exact) mass is 245 g/mol. The molecule has 0 aliphatic carbocycles. The lowest BCUT2D eigenvalue weighted by Crippen LogP contribution is -2.09. The van der Waals surface area contributed by atoms with E-state index in [0.29, 0.717) is 4.70 Å². The van der Waals surface area contributed by atoms with E-state index in [1.165, 1.54) is 18.2 Å². The van der Waals surface area contributed by atoms with Crippen LogP contribution >= 0.6 is 11.3 Å². The van der Waals surface area contributed by atoms with Gasteiger partial charge in [0.25, 0.3) is 0 Å². The predicted octanol–water partition coefficient (Wildman–Crippen LogP) is 0.960. The standard InChI is InChI=1S/C8H7NO4S2/c9-15(12,13)7-3-4-6(14-7)2-1-5(10)8(4)11/h1-3,10-11H,(H2,9,12,13). The number of benzene rings is 1. The van der Waals surface area contributed by atoms with Crippen LogP contribution in [0, 0.1) is 0 Å². The molecule has 5 nitrogen and oxygen atoms in total. The van der Waals surface area contributed by atoms with Crippen molar-refractivity contribution in [1.29, 1.82) is 0 Å². The molecule has 0 bridgehead atoms. The van der Waals surface area contributed by atoms with Gasteiger partial charge in [-0.25, -0.2) is 13.6 Å². The van der Waals surface area contributed by atoms with Crippen LogP contribution < -0.4 is 5.14 Å². The Hall–Kier alpha value is -1.31. The number of nitrogens with two attached hydrogens (primary N) is 1. The number of phenols is 2. The van der Waals surface area contributed by atoms with Crippen molar-refractivity contribution >= 4 is 31.4 Å². The Balaban J connectivity index is 2.83. The summed E-state index contributed by atoms with van der Waals surface area (Å²) in [7, 11) is -3.77. The fourth-order valence-electron chi connectivity index (χ4n) is 1.20. The van der Waals surface area contributed by atoms with Crippen molar-refractivity contribution in [2.24, 2.45) is 5.14 Å². The molecule has 0 unspecified atom stereocenters. The Morgan fingerprint density at radius 2 is 1.93 bits per heavy atom. The van der Waals surface area contributed by atoms with Crippen LogP contribution in [0.4, 0.5) is 0 Å². The molecule has 1 heterocycles. The molecule has 0 radical (unpaired) electrons. The molecule has 0 spiro atoms. The molecule has 80 valence electrons. The summed E-state index contributed by atoms with van der Waals surface area (Å²) in [6, 6.07) is 4.05. The Bertz CT molecular complexity index is 629. The lowest BCUT2D eigenvalue weighted by atomic mass is 10.2. The van der Waals surface area contributed by atoms with Gasteiger partial charge in [-0.15, -0.1) is 11.3 Å². The molecule has 7 heteroatoms. The van der Waals surface area contributed by atoms with Crippen LogP contribution in [0.5, 0.6) is 11.5 Å². The molecule has 1 aromatic heterocycles. The Morgan fingerprint density at radius 3 is 2.53 bits per heavy atom. The zero-order valence-electron chi connectivity index (χ0n) is 7.34. The summed E-state index contributed by atoms with van der Waals surface area (Å²) in [4.78, 5) is 0. The van der Waals surface area contributed by atoms with Crippen molar-refractivity contribution in [3.8, 4) is 11.5 Å². The number of hydrogen-bond donors (Lipinski definition) is 3. The van der Waals surface area contributed by atoms with Gasteiger partial charge in [0, 0.05) is 10.1 Å². The average Bonchev–Trinajstić information content (AvgIpc) is 2.55. The van der Waals surface area contributed by atoms with Gasteiger partial charge in [-0.05, 0) is 18.2 Å². The van der Waals surface area contributed by atoms with E-state index in [-0.39, 0.29) is 21.1 Å². The van der Waals surface area contributed by atoms with Gasteiger partial charge < -0.3 is 10.2 Å². The summed E-state index contributed by atoms with van der Waals surface area (Å²) in [5.74, 6) is -0.625. The minimum Gasteiger partial charge on any atom is -0.504 e. The van der Waals surface area contributed by atoms with Gasteiger partial charge in [-0.1, -0.05) is 0 Å². The van der Waals surface area contributed by atoms with Crippen LogP contribution in [0.25, 0.3) is 10.1 Å². The van der Waals surface area contributed by atoms with Gasteiger partial charge in [0.1, 0.15) is 4.21 Å². The van der Waals surface area contributed by atoms with Crippen LogP contribution in [-0.4, -0.2) is 18.6 Å². The molecule has 0 amide bonds. The van der Waals surface area contributed by atoms with E-state index in [1.807, 2.05) is 0 Å². The summed E-state index contributed by atoms with van der Waals surface area (Å²) in [5, 5.41) is 23.9. The molecule has 2 rings (SSSR count). The lowest BCUT2D eigenvalue weighted by Gasteiger charge is -1.96. The SMILES string of the molecule is NS(=O)(=O)c1cc2c(O)c(O)ccc2s1. The normalized spacial score (nSPS) is 12.1. The van der Waals surface area contributed by atoms with E-state index < -0.39 is 10.0 Å². The molecule has 2 aromatic rings. The van der Waals surface area contributed by atoms with E-state index in [2.05, 4.69) is 0 Å². The van der Waals surface area contributed by atoms with Crippen LogP contribution in [0.3, 0.4) is 0 Å². The first kappa shape index (κ1) is 10.2. The number of hydrogen-bond acceptors (Lipinski definition) is 5. The highest BCUT2D eigenvalue weighted by Crippen LogP contribution is 2.38. The minimum atomic E-state index is -3.77. The van der Waals surface area contributed by atoms with Crippen LogP contribution in [0.2, 0.25) is 0 Å². The van der Waals surface area contributed by atoms with Crippen molar-refractivity contribution in [2.75, 3.05) is 0 Å². The van der Waals surface area contributed by atoms with Crippen LogP contribution in [-0.2, 0) is 10.0 Å². The van der Waals surface area contributed by atoms with E-state index in [4.69, 9.17) is 5.14 Å². The highest BCUT2D eigenvalue weighted by Gasteiger charge is 2.15. The van der Waals surface area contributed by atoms with Crippen molar-refractivity contribution < 1.29 is 18.6 Å². The van der Waals surface area contributed by atoms with Gasteiger partial charge in [0.2, 0.25) is 10.0 Å². The summed E-state index contributed by atoms with van der Waals surface area (Å²) in [6.45, 7) is 0. The number of rotatable bonds is 1. The number of aromatic hydroxyl groups is 2. The molecule has 0 aliphatic heterocycles. The second-order valence-corrected chi connectivity index (χ2v) is 5.83. The third-order valence-electron chi connectivity index (χ3n) is 1.91. The highest BCUT2D eigenvalue weighted by molar-refractivity contribution is 7.91. The molecular formula is C8H7NO4S2. The zero-order chi connectivity index (χ0) is 11.2. The summed E-state index contributed by atoms with van der Waals surface area (Å²) < 4.78 is 22.6. The number of fused-ring (bicyclic) bond motifs is 1. The third kappa shape index (κ3) is 1.65. The van der Waals surface area contributed by atoms with Gasteiger partial charge in [-0.2, -0.15) is 0 Å². The molecule has 1 aromatic carbocycles. The molecular weight excluding hydrogens is 238 g/mol. The van der Waals surface area contributed by atoms with E-state index in [9.17, 15) is 18.6 Å². The highest BCUT2D eigenvalue weighted by atomic mass is 32.2. The molecule has 0 saturated carbocycles. The molecule has 0 saturated heterocycles. The van der Waals surface area contributed by atoms with E-state index >= 15 is 0 Å². The smallest absolute Gasteiger partial charge is 0.247 e. The fraction of sp³-hybridized carbons (Fsp3) is 0. The molecule has 0 aliphatic rings. The van der Waals surface area contributed by atoms with E-state index in [1.54, 1.807) is 0 Å².